The second-order valence-corrected chi connectivity index (χ2v) is 3.35. The van der Waals surface area contributed by atoms with Gasteiger partial charge in [-0.2, -0.15) is 0 Å². The first-order valence-corrected chi connectivity index (χ1v) is 4.80. The Labute approximate surface area is 89.5 Å². The number of terminal acetylenes is 1. The van der Waals surface area contributed by atoms with Crippen LogP contribution in [0.4, 0.5) is 0 Å². The Kier molecular flexibility index (Phi) is 2.75. The Bertz CT molecular complexity index is 426. The molecule has 0 fully saturated rings. The molecule has 1 aliphatic heterocycles. The average molecular weight is 200 g/mol. The van der Waals surface area contributed by atoms with Crippen LogP contribution in [0.5, 0.6) is 0 Å². The molecule has 0 unspecified atom stereocenters. The van der Waals surface area contributed by atoms with Crippen molar-refractivity contribution >= 4 is 6.08 Å². The van der Waals surface area contributed by atoms with Crippen LogP contribution in [0.2, 0.25) is 0 Å². The summed E-state index contributed by atoms with van der Waals surface area (Å²) in [5.74, 6) is 3.28. The fourth-order valence-corrected chi connectivity index (χ4v) is 1.59. The van der Waals surface area contributed by atoms with E-state index in [0.29, 0.717) is 0 Å². The van der Waals surface area contributed by atoms with Crippen molar-refractivity contribution in [1.29, 1.82) is 0 Å². The lowest BCUT2D eigenvalue weighted by molar-refractivity contribution is -0.110. The summed E-state index contributed by atoms with van der Waals surface area (Å²) in [5.41, 5.74) is 2.15. The lowest BCUT2D eigenvalue weighted by atomic mass is 10.0. The average Bonchev–Trinajstić information content (AvgIpc) is 2.25. The van der Waals surface area contributed by atoms with Gasteiger partial charge >= 0.3 is 0 Å². The maximum Gasteiger partial charge on any atom is 0.227 e. The molecule has 2 heteroatoms. The molecule has 0 saturated carbocycles. The fourth-order valence-electron chi connectivity index (χ4n) is 1.59. The second-order valence-electron chi connectivity index (χ2n) is 3.35. The second kappa shape index (κ2) is 4.20. The Morgan fingerprint density at radius 1 is 1.47 bits per heavy atom. The van der Waals surface area contributed by atoms with E-state index in [1.54, 1.807) is 0 Å². The van der Waals surface area contributed by atoms with Crippen molar-refractivity contribution in [3.05, 3.63) is 41.2 Å². The number of ether oxygens (including phenoxy) is 2. The van der Waals surface area contributed by atoms with Crippen LogP contribution >= 0.6 is 0 Å². The third kappa shape index (κ3) is 2.03. The fraction of sp³-hybridized carbons (Fsp3) is 0.231. The normalized spacial score (nSPS) is 18.4. The number of benzene rings is 1. The van der Waals surface area contributed by atoms with E-state index in [9.17, 15) is 0 Å². The summed E-state index contributed by atoms with van der Waals surface area (Å²) in [5, 5.41) is 0. The van der Waals surface area contributed by atoms with E-state index in [1.807, 2.05) is 37.3 Å². The molecule has 2 nitrogen and oxygen atoms in total. The number of hydrogen-bond acceptors (Lipinski definition) is 2. The quantitative estimate of drug-likeness (QED) is 0.683. The molecule has 0 spiro atoms. The maximum absolute atomic E-state index is 5.56. The van der Waals surface area contributed by atoms with Crippen molar-refractivity contribution in [1.82, 2.24) is 0 Å². The van der Waals surface area contributed by atoms with Gasteiger partial charge in [-0.05, 0) is 18.6 Å². The molecule has 1 aromatic carbocycles. The van der Waals surface area contributed by atoms with E-state index in [1.165, 1.54) is 0 Å². The van der Waals surface area contributed by atoms with Crippen molar-refractivity contribution in [2.45, 2.75) is 13.2 Å². The molecule has 1 aliphatic rings. The zero-order valence-electron chi connectivity index (χ0n) is 8.57. The molecule has 0 aliphatic carbocycles. The van der Waals surface area contributed by atoms with Crippen molar-refractivity contribution in [2.75, 3.05) is 6.61 Å². The van der Waals surface area contributed by atoms with Crippen LogP contribution < -0.4 is 0 Å². The van der Waals surface area contributed by atoms with E-state index in [2.05, 4.69) is 5.92 Å². The molecule has 0 N–H and O–H groups in total. The summed E-state index contributed by atoms with van der Waals surface area (Å²) < 4.78 is 11.0. The lowest BCUT2D eigenvalue weighted by Gasteiger charge is -2.24. The molecule has 1 aromatic rings. The van der Waals surface area contributed by atoms with E-state index in [0.717, 1.165) is 16.9 Å². The van der Waals surface area contributed by atoms with Gasteiger partial charge in [-0.3, -0.25) is 0 Å². The van der Waals surface area contributed by atoms with E-state index in [4.69, 9.17) is 15.9 Å². The number of rotatable bonds is 2. The molecule has 0 amide bonds. The lowest BCUT2D eigenvalue weighted by Crippen LogP contribution is -2.13. The predicted octanol–water partition coefficient (Wildman–Crippen LogP) is 2.73. The van der Waals surface area contributed by atoms with Crippen LogP contribution in [-0.4, -0.2) is 6.61 Å². The zero-order valence-corrected chi connectivity index (χ0v) is 8.57. The Morgan fingerprint density at radius 2 is 2.27 bits per heavy atom. The van der Waals surface area contributed by atoms with Crippen LogP contribution in [0.1, 0.15) is 24.3 Å². The first-order chi connectivity index (χ1) is 7.31. The molecule has 15 heavy (non-hydrogen) atoms. The Hall–Kier alpha value is -1.72. The van der Waals surface area contributed by atoms with Gasteiger partial charge in [0.05, 0.1) is 5.76 Å². The first-order valence-electron chi connectivity index (χ1n) is 4.80. The summed E-state index contributed by atoms with van der Waals surface area (Å²) in [7, 11) is 0. The molecule has 0 aromatic heterocycles. The van der Waals surface area contributed by atoms with Crippen molar-refractivity contribution in [2.24, 2.45) is 0 Å². The van der Waals surface area contributed by atoms with Gasteiger partial charge in [0.25, 0.3) is 0 Å². The molecular weight excluding hydrogens is 188 g/mol. The topological polar surface area (TPSA) is 18.5 Å². The van der Waals surface area contributed by atoms with Crippen LogP contribution in [0.15, 0.2) is 30.0 Å². The highest BCUT2D eigenvalue weighted by atomic mass is 16.7. The highest BCUT2D eigenvalue weighted by Crippen LogP contribution is 2.31. The highest BCUT2D eigenvalue weighted by Gasteiger charge is 2.20. The van der Waals surface area contributed by atoms with Crippen molar-refractivity contribution < 1.29 is 9.47 Å². The van der Waals surface area contributed by atoms with Gasteiger partial charge in [0.1, 0.15) is 6.61 Å². The smallest absolute Gasteiger partial charge is 0.227 e. The number of hydrogen-bond donors (Lipinski definition) is 0. The van der Waals surface area contributed by atoms with E-state index < -0.39 is 0 Å². The Balaban J connectivity index is 2.30. The van der Waals surface area contributed by atoms with Crippen LogP contribution in [-0.2, 0) is 9.47 Å². The van der Waals surface area contributed by atoms with Crippen LogP contribution in [0, 0.1) is 12.3 Å². The molecule has 2 rings (SSSR count). The van der Waals surface area contributed by atoms with Crippen molar-refractivity contribution in [3.63, 3.8) is 0 Å². The van der Waals surface area contributed by atoms with Crippen LogP contribution in [0.25, 0.3) is 6.08 Å². The SMILES string of the molecule is C#CCO[C@H]1OC(C)=Cc2ccccc21. The van der Waals surface area contributed by atoms with Crippen molar-refractivity contribution in [3.8, 4) is 12.3 Å². The number of fused-ring (bicyclic) bond motifs is 1. The first kappa shape index (κ1) is 9.82. The minimum atomic E-state index is -0.373. The van der Waals surface area contributed by atoms with Gasteiger partial charge in [-0.15, -0.1) is 6.42 Å². The summed E-state index contributed by atoms with van der Waals surface area (Å²) in [6.45, 7) is 2.16. The minimum Gasteiger partial charge on any atom is -0.465 e. The largest absolute Gasteiger partial charge is 0.465 e. The molecule has 0 bridgehead atoms. The van der Waals surface area contributed by atoms with E-state index in [-0.39, 0.29) is 12.9 Å². The van der Waals surface area contributed by atoms with Gasteiger partial charge < -0.3 is 9.47 Å². The summed E-state index contributed by atoms with van der Waals surface area (Å²) >= 11 is 0. The third-order valence-corrected chi connectivity index (χ3v) is 2.22. The molecular formula is C13H12O2. The summed E-state index contributed by atoms with van der Waals surface area (Å²) in [6, 6.07) is 7.97. The maximum atomic E-state index is 5.56. The molecule has 0 saturated heterocycles. The standard InChI is InChI=1S/C13H12O2/c1-3-8-14-13-12-7-5-4-6-11(12)9-10(2)15-13/h1,4-7,9,13H,8H2,2H3/t13-/m0/s1. The van der Waals surface area contributed by atoms with Gasteiger partial charge in [0.15, 0.2) is 0 Å². The minimum absolute atomic E-state index is 0.256. The van der Waals surface area contributed by atoms with Gasteiger partial charge in [0, 0.05) is 5.56 Å². The Morgan fingerprint density at radius 3 is 3.07 bits per heavy atom. The predicted molar refractivity (Wildman–Crippen MR) is 58.7 cm³/mol. The van der Waals surface area contributed by atoms with Gasteiger partial charge in [-0.1, -0.05) is 30.2 Å². The summed E-state index contributed by atoms with van der Waals surface area (Å²) in [6.07, 6.45) is 6.77. The molecule has 1 heterocycles. The summed E-state index contributed by atoms with van der Waals surface area (Å²) in [4.78, 5) is 0. The zero-order chi connectivity index (χ0) is 10.7. The molecule has 0 radical (unpaired) electrons. The molecule has 1 atom stereocenters. The highest BCUT2D eigenvalue weighted by molar-refractivity contribution is 5.57. The van der Waals surface area contributed by atoms with Crippen LogP contribution in [0.3, 0.4) is 0 Å². The van der Waals surface area contributed by atoms with E-state index >= 15 is 0 Å². The third-order valence-electron chi connectivity index (χ3n) is 2.22. The van der Waals surface area contributed by atoms with Gasteiger partial charge in [-0.25, -0.2) is 0 Å². The number of allylic oxidation sites excluding steroid dienone is 1. The monoisotopic (exact) mass is 200 g/mol. The van der Waals surface area contributed by atoms with Gasteiger partial charge in [0.2, 0.25) is 6.29 Å². The molecule has 76 valence electrons.